The summed E-state index contributed by atoms with van der Waals surface area (Å²) in [5.74, 6) is -0.562. The van der Waals surface area contributed by atoms with Gasteiger partial charge in [0.15, 0.2) is 0 Å². The summed E-state index contributed by atoms with van der Waals surface area (Å²) in [4.78, 5) is 27.3. The molecule has 2 aromatic rings. The summed E-state index contributed by atoms with van der Waals surface area (Å²) in [6.45, 7) is 8.65. The van der Waals surface area contributed by atoms with E-state index in [9.17, 15) is 18.0 Å². The second-order valence-electron chi connectivity index (χ2n) is 7.26. The van der Waals surface area contributed by atoms with Gasteiger partial charge < -0.3 is 4.98 Å². The molecule has 0 saturated carbocycles. The number of nitrogens with one attached hydrogen (secondary N) is 1. The number of pyridine rings is 1. The number of carbonyl (C=O) groups excluding carboxylic acids is 1. The van der Waals surface area contributed by atoms with Crippen LogP contribution in [-0.2, 0) is 21.2 Å². The van der Waals surface area contributed by atoms with Crippen molar-refractivity contribution in [3.63, 3.8) is 0 Å². The van der Waals surface area contributed by atoms with Crippen molar-refractivity contribution in [3.8, 4) is 6.07 Å². The first-order valence-corrected chi connectivity index (χ1v) is 10.6. The molecule has 29 heavy (non-hydrogen) atoms. The Hall–Kier alpha value is -2.92. The van der Waals surface area contributed by atoms with Crippen molar-refractivity contribution < 1.29 is 13.2 Å². The maximum atomic E-state index is 13.0. The Kier molecular flexibility index (Phi) is 6.34. The van der Waals surface area contributed by atoms with E-state index in [1.807, 2.05) is 13.0 Å². The van der Waals surface area contributed by atoms with Crippen LogP contribution in [0.15, 0.2) is 21.8 Å². The molecular formula is C21H25N3O4S. The second kappa shape index (κ2) is 8.21. The van der Waals surface area contributed by atoms with E-state index in [1.54, 1.807) is 39.8 Å². The lowest BCUT2D eigenvalue weighted by atomic mass is 9.99. The van der Waals surface area contributed by atoms with Gasteiger partial charge in [0.05, 0.1) is 4.90 Å². The zero-order chi connectivity index (χ0) is 22.1. The zero-order valence-corrected chi connectivity index (χ0v) is 18.3. The molecule has 0 bridgehead atoms. The van der Waals surface area contributed by atoms with E-state index in [2.05, 4.69) is 4.98 Å². The van der Waals surface area contributed by atoms with Crippen LogP contribution < -0.4 is 5.56 Å². The molecule has 0 fully saturated rings. The van der Waals surface area contributed by atoms with Crippen LogP contribution >= 0.6 is 0 Å². The predicted octanol–water partition coefficient (Wildman–Crippen LogP) is 2.57. The standard InChI is InChI=1S/C21H25N3O4S/c1-12-9-13(2)20(14(3)10-12)29(27,28)24(6)19(25)8-7-17-15(4)18(11-22)21(26)23-16(17)5/h9-10H,7-8H2,1-6H3,(H,23,26). The minimum atomic E-state index is -3.99. The monoisotopic (exact) mass is 415 g/mol. The smallest absolute Gasteiger partial charge is 0.266 e. The molecule has 8 heteroatoms. The third-order valence-corrected chi connectivity index (χ3v) is 7.17. The van der Waals surface area contributed by atoms with E-state index in [1.165, 1.54) is 7.05 Å². The molecule has 1 aromatic heterocycles. The Morgan fingerprint density at radius 2 is 1.69 bits per heavy atom. The molecular weight excluding hydrogens is 390 g/mol. The highest BCUT2D eigenvalue weighted by Gasteiger charge is 2.28. The number of nitriles is 1. The van der Waals surface area contributed by atoms with Crippen molar-refractivity contribution >= 4 is 15.9 Å². The van der Waals surface area contributed by atoms with Gasteiger partial charge in [-0.3, -0.25) is 9.59 Å². The van der Waals surface area contributed by atoms with Gasteiger partial charge in [0.1, 0.15) is 11.6 Å². The number of carbonyl (C=O) groups is 1. The number of H-pyrrole nitrogens is 1. The van der Waals surface area contributed by atoms with Crippen molar-refractivity contribution in [2.45, 2.75) is 52.4 Å². The van der Waals surface area contributed by atoms with E-state index in [0.29, 0.717) is 27.9 Å². The van der Waals surface area contributed by atoms with Crippen LogP contribution in [0.2, 0.25) is 0 Å². The SMILES string of the molecule is Cc1cc(C)c(S(=O)(=O)N(C)C(=O)CCc2c(C)[nH]c(=O)c(C#N)c2C)c(C)c1. The Morgan fingerprint density at radius 1 is 1.14 bits per heavy atom. The first-order valence-electron chi connectivity index (χ1n) is 9.13. The normalized spacial score (nSPS) is 11.2. The lowest BCUT2D eigenvalue weighted by Crippen LogP contribution is -2.34. The number of hydrogen-bond acceptors (Lipinski definition) is 5. The minimum absolute atomic E-state index is 0.00456. The largest absolute Gasteiger partial charge is 0.325 e. The van der Waals surface area contributed by atoms with Gasteiger partial charge in [-0.05, 0) is 63.3 Å². The van der Waals surface area contributed by atoms with Gasteiger partial charge in [0.2, 0.25) is 5.91 Å². The van der Waals surface area contributed by atoms with Crippen molar-refractivity contribution in [2.75, 3.05) is 7.05 Å². The molecule has 1 aromatic carbocycles. The molecule has 0 spiro atoms. The minimum Gasteiger partial charge on any atom is -0.325 e. The summed E-state index contributed by atoms with van der Waals surface area (Å²) in [6.07, 6.45) is 0.145. The molecule has 2 rings (SSSR count). The van der Waals surface area contributed by atoms with E-state index in [0.717, 1.165) is 9.87 Å². The summed E-state index contributed by atoms with van der Waals surface area (Å²) >= 11 is 0. The maximum absolute atomic E-state index is 13.0. The van der Waals surface area contributed by atoms with Crippen LogP contribution in [0.1, 0.15) is 45.5 Å². The van der Waals surface area contributed by atoms with Gasteiger partial charge in [-0.25, -0.2) is 12.7 Å². The Labute approximate surface area is 171 Å². The zero-order valence-electron chi connectivity index (χ0n) is 17.5. The molecule has 0 unspecified atom stereocenters. The number of hydrogen-bond donors (Lipinski definition) is 1. The van der Waals surface area contributed by atoms with E-state index < -0.39 is 21.5 Å². The average molecular weight is 416 g/mol. The number of rotatable bonds is 5. The van der Waals surface area contributed by atoms with E-state index >= 15 is 0 Å². The number of amides is 1. The van der Waals surface area contributed by atoms with Crippen LogP contribution in [0.4, 0.5) is 0 Å². The van der Waals surface area contributed by atoms with Gasteiger partial charge in [-0.15, -0.1) is 0 Å². The van der Waals surface area contributed by atoms with Crippen molar-refractivity contribution in [2.24, 2.45) is 0 Å². The summed E-state index contributed by atoms with van der Waals surface area (Å²) in [6, 6.07) is 5.41. The molecule has 0 aliphatic rings. The molecule has 0 aliphatic heterocycles. The summed E-state index contributed by atoms with van der Waals surface area (Å²) in [7, 11) is -2.73. The molecule has 1 N–H and O–H groups in total. The van der Waals surface area contributed by atoms with Gasteiger partial charge in [-0.2, -0.15) is 5.26 Å². The third-order valence-electron chi connectivity index (χ3n) is 5.08. The van der Waals surface area contributed by atoms with E-state index in [-0.39, 0.29) is 23.3 Å². The molecule has 1 heterocycles. The quantitative estimate of drug-likeness (QED) is 0.807. The molecule has 1 amide bonds. The Bertz CT molecular complexity index is 1160. The van der Waals surface area contributed by atoms with Crippen LogP contribution in [0.3, 0.4) is 0 Å². The number of benzene rings is 1. The first kappa shape index (κ1) is 22.4. The van der Waals surface area contributed by atoms with Gasteiger partial charge in [0, 0.05) is 19.2 Å². The topological polar surface area (TPSA) is 111 Å². The van der Waals surface area contributed by atoms with E-state index in [4.69, 9.17) is 5.26 Å². The lowest BCUT2D eigenvalue weighted by Gasteiger charge is -2.21. The highest BCUT2D eigenvalue weighted by atomic mass is 32.2. The third kappa shape index (κ3) is 4.25. The van der Waals surface area contributed by atoms with Crippen molar-refractivity contribution in [3.05, 3.63) is 61.6 Å². The number of nitrogens with zero attached hydrogens (tertiary/aromatic N) is 2. The van der Waals surface area contributed by atoms with Crippen LogP contribution in [0.5, 0.6) is 0 Å². The van der Waals surface area contributed by atoms with Crippen LogP contribution in [0, 0.1) is 45.9 Å². The molecule has 0 radical (unpaired) electrons. The Morgan fingerprint density at radius 3 is 2.21 bits per heavy atom. The van der Waals surface area contributed by atoms with Gasteiger partial charge in [-0.1, -0.05) is 17.7 Å². The van der Waals surface area contributed by atoms with Crippen LogP contribution in [-0.4, -0.2) is 30.7 Å². The fourth-order valence-electron chi connectivity index (χ4n) is 3.65. The number of aromatic amines is 1. The maximum Gasteiger partial charge on any atom is 0.266 e. The number of aryl methyl sites for hydroxylation is 4. The summed E-state index contributed by atoms with van der Waals surface area (Å²) < 4.78 is 26.8. The fraction of sp³-hybridized carbons (Fsp3) is 0.381. The number of aromatic nitrogens is 1. The predicted molar refractivity (Wildman–Crippen MR) is 110 cm³/mol. The van der Waals surface area contributed by atoms with Crippen LogP contribution in [0.25, 0.3) is 0 Å². The molecule has 0 atom stereocenters. The van der Waals surface area contributed by atoms with Gasteiger partial charge >= 0.3 is 0 Å². The Balaban J connectivity index is 2.31. The van der Waals surface area contributed by atoms with Gasteiger partial charge in [0.25, 0.3) is 15.6 Å². The highest BCUT2D eigenvalue weighted by molar-refractivity contribution is 7.89. The number of sulfonamides is 1. The fourth-order valence-corrected chi connectivity index (χ4v) is 5.22. The average Bonchev–Trinajstić information content (AvgIpc) is 2.59. The second-order valence-corrected chi connectivity index (χ2v) is 9.17. The lowest BCUT2D eigenvalue weighted by molar-refractivity contribution is -0.125. The van der Waals surface area contributed by atoms with Crippen molar-refractivity contribution in [1.29, 1.82) is 5.26 Å². The first-order chi connectivity index (χ1) is 13.4. The van der Waals surface area contributed by atoms with Crippen molar-refractivity contribution in [1.82, 2.24) is 9.29 Å². The summed E-state index contributed by atoms with van der Waals surface area (Å²) in [5, 5.41) is 9.16. The summed E-state index contributed by atoms with van der Waals surface area (Å²) in [5.41, 5.74) is 3.41. The molecule has 154 valence electrons. The molecule has 7 nitrogen and oxygen atoms in total. The molecule has 0 aliphatic carbocycles. The highest BCUT2D eigenvalue weighted by Crippen LogP contribution is 2.25. The molecule has 0 saturated heterocycles.